The normalized spacial score (nSPS) is 10.0. The molecule has 0 bridgehead atoms. The summed E-state index contributed by atoms with van der Waals surface area (Å²) < 4.78 is 0. The molecule has 0 fully saturated rings. The average molecular weight is 189 g/mol. The molecular formula is C7H9ClN2S. The number of nitrogens with zero attached hydrogens (tertiary/aromatic N) is 2. The molecule has 2 nitrogen and oxygen atoms in total. The van der Waals surface area contributed by atoms with Gasteiger partial charge >= 0.3 is 0 Å². The van der Waals surface area contributed by atoms with E-state index in [0.717, 1.165) is 17.2 Å². The fraction of sp³-hybridized carbons (Fsp3) is 0.429. The van der Waals surface area contributed by atoms with Crippen LogP contribution in [0.25, 0.3) is 0 Å². The SMILES string of the molecule is CCCSc1cnc(Cl)cn1. The summed E-state index contributed by atoms with van der Waals surface area (Å²) in [5, 5.41) is 1.39. The Labute approximate surface area is 75.4 Å². The molecule has 0 aliphatic heterocycles. The van der Waals surface area contributed by atoms with Crippen LogP contribution in [-0.4, -0.2) is 15.7 Å². The zero-order valence-electron chi connectivity index (χ0n) is 6.25. The summed E-state index contributed by atoms with van der Waals surface area (Å²) in [6.07, 6.45) is 4.41. The maximum Gasteiger partial charge on any atom is 0.147 e. The fourth-order valence-corrected chi connectivity index (χ4v) is 1.35. The highest BCUT2D eigenvalue weighted by atomic mass is 35.5. The second kappa shape index (κ2) is 4.57. The number of thioether (sulfide) groups is 1. The third kappa shape index (κ3) is 3.08. The standard InChI is InChI=1S/C7H9ClN2S/c1-2-3-11-7-5-9-6(8)4-10-7/h4-5H,2-3H2,1H3. The van der Waals surface area contributed by atoms with Crippen molar-refractivity contribution in [2.24, 2.45) is 0 Å². The van der Waals surface area contributed by atoms with E-state index in [-0.39, 0.29) is 0 Å². The van der Waals surface area contributed by atoms with Crippen LogP contribution in [0.15, 0.2) is 17.4 Å². The van der Waals surface area contributed by atoms with Crippen LogP contribution >= 0.6 is 23.4 Å². The van der Waals surface area contributed by atoms with Crippen molar-refractivity contribution < 1.29 is 0 Å². The molecule has 0 aliphatic carbocycles. The highest BCUT2D eigenvalue weighted by Crippen LogP contribution is 2.15. The van der Waals surface area contributed by atoms with Gasteiger partial charge in [-0.15, -0.1) is 11.8 Å². The van der Waals surface area contributed by atoms with Gasteiger partial charge in [0, 0.05) is 0 Å². The summed E-state index contributed by atoms with van der Waals surface area (Å²) in [6.45, 7) is 2.14. The Hall–Kier alpha value is -0.280. The van der Waals surface area contributed by atoms with Gasteiger partial charge in [0.05, 0.1) is 12.4 Å². The summed E-state index contributed by atoms with van der Waals surface area (Å²) in [6, 6.07) is 0. The van der Waals surface area contributed by atoms with Crippen molar-refractivity contribution in [2.45, 2.75) is 18.4 Å². The topological polar surface area (TPSA) is 25.8 Å². The molecule has 1 rings (SSSR count). The van der Waals surface area contributed by atoms with Crippen LogP contribution in [0.5, 0.6) is 0 Å². The van der Waals surface area contributed by atoms with Crippen molar-refractivity contribution in [3.63, 3.8) is 0 Å². The monoisotopic (exact) mass is 188 g/mol. The smallest absolute Gasteiger partial charge is 0.147 e. The first kappa shape index (κ1) is 8.81. The minimum atomic E-state index is 0.450. The Morgan fingerprint density at radius 1 is 1.45 bits per heavy atom. The van der Waals surface area contributed by atoms with Gasteiger partial charge in [-0.1, -0.05) is 18.5 Å². The highest BCUT2D eigenvalue weighted by Gasteiger charge is 1.94. The lowest BCUT2D eigenvalue weighted by Gasteiger charge is -1.96. The molecule has 1 aromatic rings. The molecule has 11 heavy (non-hydrogen) atoms. The van der Waals surface area contributed by atoms with Crippen molar-refractivity contribution in [2.75, 3.05) is 5.75 Å². The zero-order valence-corrected chi connectivity index (χ0v) is 7.82. The number of rotatable bonds is 3. The van der Waals surface area contributed by atoms with Gasteiger partial charge in [-0.05, 0) is 12.2 Å². The molecule has 0 amide bonds. The van der Waals surface area contributed by atoms with E-state index in [1.807, 2.05) is 0 Å². The maximum absolute atomic E-state index is 5.56. The van der Waals surface area contributed by atoms with Gasteiger partial charge in [0.2, 0.25) is 0 Å². The Morgan fingerprint density at radius 2 is 2.27 bits per heavy atom. The van der Waals surface area contributed by atoms with Crippen molar-refractivity contribution in [3.05, 3.63) is 17.5 Å². The van der Waals surface area contributed by atoms with Gasteiger partial charge in [0.25, 0.3) is 0 Å². The number of hydrogen-bond acceptors (Lipinski definition) is 3. The van der Waals surface area contributed by atoms with E-state index < -0.39 is 0 Å². The van der Waals surface area contributed by atoms with E-state index in [1.54, 1.807) is 24.2 Å². The molecule has 0 aromatic carbocycles. The lowest BCUT2D eigenvalue weighted by molar-refractivity contribution is 1.04. The Balaban J connectivity index is 2.52. The minimum Gasteiger partial charge on any atom is -0.245 e. The van der Waals surface area contributed by atoms with Crippen molar-refractivity contribution in [1.82, 2.24) is 9.97 Å². The molecule has 0 spiro atoms. The van der Waals surface area contributed by atoms with E-state index in [2.05, 4.69) is 16.9 Å². The summed E-state index contributed by atoms with van der Waals surface area (Å²) in [5.41, 5.74) is 0. The van der Waals surface area contributed by atoms with Gasteiger partial charge in [-0.3, -0.25) is 0 Å². The Morgan fingerprint density at radius 3 is 2.82 bits per heavy atom. The van der Waals surface area contributed by atoms with Crippen molar-refractivity contribution in [1.29, 1.82) is 0 Å². The van der Waals surface area contributed by atoms with Crippen LogP contribution in [0.1, 0.15) is 13.3 Å². The fourth-order valence-electron chi connectivity index (χ4n) is 0.582. The van der Waals surface area contributed by atoms with Crippen LogP contribution < -0.4 is 0 Å². The number of aromatic nitrogens is 2. The van der Waals surface area contributed by atoms with Crippen LogP contribution in [0, 0.1) is 0 Å². The lowest BCUT2D eigenvalue weighted by Crippen LogP contribution is -1.83. The average Bonchev–Trinajstić information content (AvgIpc) is 2.04. The van der Waals surface area contributed by atoms with Crippen LogP contribution in [-0.2, 0) is 0 Å². The third-order valence-corrected chi connectivity index (χ3v) is 2.36. The summed E-state index contributed by atoms with van der Waals surface area (Å²) >= 11 is 7.26. The van der Waals surface area contributed by atoms with Gasteiger partial charge in [-0.2, -0.15) is 0 Å². The quantitative estimate of drug-likeness (QED) is 0.683. The molecule has 0 atom stereocenters. The van der Waals surface area contributed by atoms with Gasteiger partial charge in [-0.25, -0.2) is 9.97 Å². The second-order valence-corrected chi connectivity index (χ2v) is 3.53. The van der Waals surface area contributed by atoms with E-state index in [0.29, 0.717) is 5.15 Å². The van der Waals surface area contributed by atoms with Gasteiger partial charge in [0.15, 0.2) is 0 Å². The molecule has 0 unspecified atom stereocenters. The first-order chi connectivity index (χ1) is 5.33. The molecule has 0 radical (unpaired) electrons. The zero-order chi connectivity index (χ0) is 8.10. The molecular weight excluding hydrogens is 180 g/mol. The molecule has 0 N–H and O–H groups in total. The lowest BCUT2D eigenvalue weighted by atomic mass is 10.6. The molecule has 0 aliphatic rings. The molecule has 4 heteroatoms. The van der Waals surface area contributed by atoms with Gasteiger partial charge in [0.1, 0.15) is 10.2 Å². The van der Waals surface area contributed by atoms with Crippen LogP contribution in [0.3, 0.4) is 0 Å². The maximum atomic E-state index is 5.56. The van der Waals surface area contributed by atoms with E-state index in [9.17, 15) is 0 Å². The van der Waals surface area contributed by atoms with Crippen LogP contribution in [0.4, 0.5) is 0 Å². The van der Waals surface area contributed by atoms with Crippen molar-refractivity contribution >= 4 is 23.4 Å². The highest BCUT2D eigenvalue weighted by molar-refractivity contribution is 7.99. The molecule has 0 saturated carbocycles. The Kier molecular flexibility index (Phi) is 3.66. The first-order valence-corrected chi connectivity index (χ1v) is 4.79. The molecule has 60 valence electrons. The van der Waals surface area contributed by atoms with Crippen LogP contribution in [0.2, 0.25) is 5.15 Å². The first-order valence-electron chi connectivity index (χ1n) is 3.43. The largest absolute Gasteiger partial charge is 0.245 e. The summed E-state index contributed by atoms with van der Waals surface area (Å²) in [5.74, 6) is 1.08. The number of halogens is 1. The van der Waals surface area contributed by atoms with Crippen molar-refractivity contribution in [3.8, 4) is 0 Å². The minimum absolute atomic E-state index is 0.450. The predicted octanol–water partition coefficient (Wildman–Crippen LogP) is 2.63. The molecule has 0 saturated heterocycles. The van der Waals surface area contributed by atoms with Gasteiger partial charge < -0.3 is 0 Å². The number of hydrogen-bond donors (Lipinski definition) is 0. The summed E-state index contributed by atoms with van der Waals surface area (Å²) in [4.78, 5) is 8.00. The molecule has 1 aromatic heterocycles. The van der Waals surface area contributed by atoms with E-state index in [1.165, 1.54) is 0 Å². The predicted molar refractivity (Wildman–Crippen MR) is 48.1 cm³/mol. The third-order valence-electron chi connectivity index (χ3n) is 1.05. The van der Waals surface area contributed by atoms with E-state index >= 15 is 0 Å². The van der Waals surface area contributed by atoms with E-state index in [4.69, 9.17) is 11.6 Å². The second-order valence-electron chi connectivity index (χ2n) is 2.03. The molecule has 1 heterocycles. The summed E-state index contributed by atoms with van der Waals surface area (Å²) in [7, 11) is 0. The Bertz CT molecular complexity index is 212.